The third-order valence-electron chi connectivity index (χ3n) is 13.1. The van der Waals surface area contributed by atoms with Crippen LogP contribution in [0.15, 0.2) is 197 Å². The SMILES string of the molecule is C=NC(NC(=NCc1ccccc1)c1ccc(-c2cc(C3=C(C4=CC=CCC4)CCC=C3)cc(-c3ccc(-c4nc(/C=C\C)c(C)c(C)c4C)c4ccccc34)c2)cc1)c1ccccc1. The first kappa shape index (κ1) is 42.9. The van der Waals surface area contributed by atoms with Gasteiger partial charge in [-0.05, 0) is 167 Å². The fraction of sp³-hybridized carbons (Fsp3) is 0.164. The summed E-state index contributed by atoms with van der Waals surface area (Å²) >= 11 is 0. The van der Waals surface area contributed by atoms with Gasteiger partial charge in [-0.25, -0.2) is 4.98 Å². The third-order valence-corrected chi connectivity index (χ3v) is 13.1. The molecule has 0 spiro atoms. The third kappa shape index (κ3) is 9.17. The van der Waals surface area contributed by atoms with Gasteiger partial charge in [0.15, 0.2) is 0 Å². The Kier molecular flexibility index (Phi) is 12.9. The minimum absolute atomic E-state index is 0.350. The van der Waals surface area contributed by atoms with E-state index in [1.165, 1.54) is 60.9 Å². The molecular formula is C61H56N4. The maximum absolute atomic E-state index is 5.28. The summed E-state index contributed by atoms with van der Waals surface area (Å²) in [5.41, 5.74) is 20.2. The average molecular weight is 845 g/mol. The highest BCUT2D eigenvalue weighted by atomic mass is 15.1. The molecule has 1 atom stereocenters. The maximum Gasteiger partial charge on any atom is 0.145 e. The minimum atomic E-state index is -0.350. The lowest BCUT2D eigenvalue weighted by Crippen LogP contribution is -2.28. The van der Waals surface area contributed by atoms with E-state index in [0.29, 0.717) is 6.54 Å². The topological polar surface area (TPSA) is 49.6 Å². The molecule has 7 aromatic rings. The van der Waals surface area contributed by atoms with Crippen LogP contribution in [0.1, 0.15) is 83.4 Å². The molecule has 320 valence electrons. The zero-order valence-electron chi connectivity index (χ0n) is 38.0. The van der Waals surface area contributed by atoms with Crippen LogP contribution in [0.4, 0.5) is 0 Å². The van der Waals surface area contributed by atoms with Gasteiger partial charge in [0, 0.05) is 11.1 Å². The molecule has 1 heterocycles. The molecule has 0 bridgehead atoms. The van der Waals surface area contributed by atoms with E-state index < -0.39 is 0 Å². The second kappa shape index (κ2) is 19.5. The number of hydrogen-bond acceptors (Lipinski definition) is 3. The van der Waals surface area contributed by atoms with Gasteiger partial charge in [0.1, 0.15) is 12.0 Å². The molecule has 0 saturated carbocycles. The van der Waals surface area contributed by atoms with Gasteiger partial charge >= 0.3 is 0 Å². The van der Waals surface area contributed by atoms with Crippen molar-refractivity contribution >= 4 is 35.0 Å². The molecule has 4 heteroatoms. The van der Waals surface area contributed by atoms with Gasteiger partial charge in [0.2, 0.25) is 0 Å². The van der Waals surface area contributed by atoms with Crippen LogP contribution in [0.3, 0.4) is 0 Å². The van der Waals surface area contributed by atoms with Gasteiger partial charge in [-0.2, -0.15) is 0 Å². The summed E-state index contributed by atoms with van der Waals surface area (Å²) in [5, 5.41) is 6.03. The van der Waals surface area contributed by atoms with Crippen molar-refractivity contribution in [1.29, 1.82) is 0 Å². The van der Waals surface area contributed by atoms with E-state index in [4.69, 9.17) is 9.98 Å². The zero-order chi connectivity index (χ0) is 44.7. The van der Waals surface area contributed by atoms with Crippen LogP contribution < -0.4 is 5.32 Å². The number of hydrogen-bond donors (Lipinski definition) is 1. The number of amidine groups is 1. The number of fused-ring (bicyclic) bond motifs is 1. The lowest BCUT2D eigenvalue weighted by molar-refractivity contribution is 0.686. The van der Waals surface area contributed by atoms with Crippen LogP contribution in [0, 0.1) is 20.8 Å². The molecule has 2 aliphatic rings. The van der Waals surface area contributed by atoms with Crippen molar-refractivity contribution < 1.29 is 0 Å². The molecule has 9 rings (SSSR count). The predicted molar refractivity (Wildman–Crippen MR) is 277 cm³/mol. The number of nitrogens with zero attached hydrogens (tertiary/aromatic N) is 3. The number of aliphatic imine (C=N–C) groups is 2. The highest BCUT2D eigenvalue weighted by Gasteiger charge is 2.20. The van der Waals surface area contributed by atoms with E-state index in [1.54, 1.807) is 0 Å². The van der Waals surface area contributed by atoms with Gasteiger partial charge in [0.25, 0.3) is 0 Å². The van der Waals surface area contributed by atoms with Gasteiger partial charge in [-0.3, -0.25) is 9.98 Å². The minimum Gasteiger partial charge on any atom is -0.345 e. The summed E-state index contributed by atoms with van der Waals surface area (Å²) in [6, 6.07) is 50.0. The normalized spacial score (nSPS) is 14.5. The summed E-state index contributed by atoms with van der Waals surface area (Å²) < 4.78 is 0. The molecule has 65 heavy (non-hydrogen) atoms. The van der Waals surface area contributed by atoms with Crippen LogP contribution in [-0.2, 0) is 6.54 Å². The van der Waals surface area contributed by atoms with Crippen molar-refractivity contribution in [3.8, 4) is 33.5 Å². The number of nitrogens with one attached hydrogen (secondary N) is 1. The number of pyridine rings is 1. The summed E-state index contributed by atoms with van der Waals surface area (Å²) in [7, 11) is 0. The Balaban J connectivity index is 1.18. The van der Waals surface area contributed by atoms with Crippen LogP contribution in [-0.4, -0.2) is 17.5 Å². The number of rotatable bonds is 12. The van der Waals surface area contributed by atoms with Crippen molar-refractivity contribution in [3.05, 3.63) is 232 Å². The van der Waals surface area contributed by atoms with E-state index in [-0.39, 0.29) is 6.17 Å². The Bertz CT molecular complexity index is 3070. The zero-order valence-corrected chi connectivity index (χ0v) is 38.0. The van der Waals surface area contributed by atoms with E-state index in [9.17, 15) is 0 Å². The van der Waals surface area contributed by atoms with Crippen molar-refractivity contribution in [1.82, 2.24) is 10.3 Å². The van der Waals surface area contributed by atoms with Gasteiger partial charge < -0.3 is 5.32 Å². The Morgan fingerprint density at radius 1 is 0.692 bits per heavy atom. The fourth-order valence-corrected chi connectivity index (χ4v) is 9.30. The van der Waals surface area contributed by atoms with Crippen molar-refractivity contribution in [2.75, 3.05) is 0 Å². The summed E-state index contributed by atoms with van der Waals surface area (Å²) in [6.07, 6.45) is 19.6. The summed E-state index contributed by atoms with van der Waals surface area (Å²) in [4.78, 5) is 14.9. The Labute approximate surface area is 385 Å². The van der Waals surface area contributed by atoms with Crippen LogP contribution >= 0.6 is 0 Å². The van der Waals surface area contributed by atoms with Crippen LogP contribution in [0.5, 0.6) is 0 Å². The molecule has 4 nitrogen and oxygen atoms in total. The maximum atomic E-state index is 5.28. The summed E-state index contributed by atoms with van der Waals surface area (Å²) in [6.45, 7) is 13.1. The molecule has 1 unspecified atom stereocenters. The molecule has 0 fully saturated rings. The lowest BCUT2D eigenvalue weighted by atomic mass is 9.83. The van der Waals surface area contributed by atoms with E-state index in [0.717, 1.165) is 76.3 Å². The van der Waals surface area contributed by atoms with Crippen molar-refractivity contribution in [2.24, 2.45) is 9.98 Å². The molecular weight excluding hydrogens is 789 g/mol. The van der Waals surface area contributed by atoms with Crippen molar-refractivity contribution in [3.63, 3.8) is 0 Å². The Hall–Kier alpha value is -7.43. The molecule has 2 aliphatic carbocycles. The Morgan fingerprint density at radius 3 is 2.09 bits per heavy atom. The predicted octanol–water partition coefficient (Wildman–Crippen LogP) is 15.5. The lowest BCUT2D eigenvalue weighted by Gasteiger charge is -2.22. The Morgan fingerprint density at radius 2 is 1.37 bits per heavy atom. The number of allylic oxidation sites excluding steroid dienone is 9. The molecule has 1 aromatic heterocycles. The largest absolute Gasteiger partial charge is 0.345 e. The highest BCUT2D eigenvalue weighted by molar-refractivity contribution is 6.06. The molecule has 6 aromatic carbocycles. The number of benzene rings is 6. The van der Waals surface area contributed by atoms with Crippen LogP contribution in [0.25, 0.3) is 55.9 Å². The van der Waals surface area contributed by atoms with E-state index in [1.807, 2.05) is 24.3 Å². The molecule has 1 N–H and O–H groups in total. The first-order chi connectivity index (χ1) is 31.9. The van der Waals surface area contributed by atoms with Gasteiger partial charge in [0.05, 0.1) is 17.9 Å². The molecule has 0 amide bonds. The average Bonchev–Trinajstić information content (AvgIpc) is 3.37. The second-order valence-electron chi connectivity index (χ2n) is 17.1. The monoisotopic (exact) mass is 844 g/mol. The summed E-state index contributed by atoms with van der Waals surface area (Å²) in [5.74, 6) is 0.769. The highest BCUT2D eigenvalue weighted by Crippen LogP contribution is 2.42. The smallest absolute Gasteiger partial charge is 0.145 e. The molecule has 0 aliphatic heterocycles. The van der Waals surface area contributed by atoms with Crippen LogP contribution in [0.2, 0.25) is 0 Å². The molecule has 0 saturated heterocycles. The quantitative estimate of drug-likeness (QED) is 0.0984. The fourth-order valence-electron chi connectivity index (χ4n) is 9.30. The first-order valence-corrected chi connectivity index (χ1v) is 22.9. The van der Waals surface area contributed by atoms with E-state index in [2.05, 4.69) is 203 Å². The first-order valence-electron chi connectivity index (χ1n) is 22.9. The number of aromatic nitrogens is 1. The van der Waals surface area contributed by atoms with Gasteiger partial charge in [-0.15, -0.1) is 0 Å². The van der Waals surface area contributed by atoms with Crippen molar-refractivity contribution in [2.45, 2.75) is 66.1 Å². The standard InChI is InChI=1S/C61H56N4/c1-6-20-58-42(3)41(2)43(4)59(64-58)57-36-35-54(55-29-18-19-30-56(55)57)51-38-49(37-50(39-51)53-28-17-16-27-52(53)46-23-12-8-13-24-46)45-31-33-48(34-32-45)61(63-40-44-21-10-7-11-22-44)65-60(62-5)47-25-14-9-15-26-47/h6-12,14-15,17-23,25-26,28-39,60H,5,13,16,24,27,40H2,1-4H3,(H,63,65)/b20-6-. The second-order valence-corrected chi connectivity index (χ2v) is 17.1. The van der Waals surface area contributed by atoms with Gasteiger partial charge in [-0.1, -0.05) is 158 Å². The molecule has 0 radical (unpaired) electrons. The van der Waals surface area contributed by atoms with E-state index >= 15 is 0 Å².